The van der Waals surface area contributed by atoms with Gasteiger partial charge in [-0.3, -0.25) is 5.41 Å². The van der Waals surface area contributed by atoms with Gasteiger partial charge in [-0.15, -0.1) is 23.1 Å². The van der Waals surface area contributed by atoms with Gasteiger partial charge in [0, 0.05) is 6.08 Å². The zero-order valence-electron chi connectivity index (χ0n) is 18.1. The van der Waals surface area contributed by atoms with Crippen molar-refractivity contribution in [1.82, 2.24) is 0 Å². The van der Waals surface area contributed by atoms with Gasteiger partial charge in [0.15, 0.2) is 0 Å². The van der Waals surface area contributed by atoms with Gasteiger partial charge in [-0.2, -0.15) is 13.2 Å². The van der Waals surface area contributed by atoms with Gasteiger partial charge < -0.3 is 15.6 Å². The minimum absolute atomic E-state index is 0.111. The van der Waals surface area contributed by atoms with Gasteiger partial charge in [-0.05, 0) is 49.4 Å². The second-order valence-electron chi connectivity index (χ2n) is 6.29. The summed E-state index contributed by atoms with van der Waals surface area (Å²) in [7, 11) is -3.80. The van der Waals surface area contributed by atoms with Gasteiger partial charge in [0.2, 0.25) is 9.84 Å². The highest BCUT2D eigenvalue weighted by Crippen LogP contribution is 2.37. The Hall–Kier alpha value is -2.84. The first-order valence-electron chi connectivity index (χ1n) is 9.18. The van der Waals surface area contributed by atoms with Crippen LogP contribution in [0.25, 0.3) is 5.57 Å². The number of thioether (sulfide) groups is 1. The molecule has 14 heteroatoms. The number of nitrogens with two attached hydrogens (primary N) is 1. The van der Waals surface area contributed by atoms with Crippen LogP contribution in [-0.4, -0.2) is 50.3 Å². The van der Waals surface area contributed by atoms with E-state index in [4.69, 9.17) is 25.8 Å². The van der Waals surface area contributed by atoms with E-state index in [1.807, 2.05) is 0 Å². The molecule has 0 unspecified atom stereocenters. The van der Waals surface area contributed by atoms with Crippen molar-refractivity contribution in [2.75, 3.05) is 12.9 Å². The predicted octanol–water partition coefficient (Wildman–Crippen LogP) is 4.19. The minimum atomic E-state index is -5.08. The largest absolute Gasteiger partial charge is 0.490 e. The van der Waals surface area contributed by atoms with Crippen LogP contribution in [0.3, 0.4) is 0 Å². The van der Waals surface area contributed by atoms with Crippen molar-refractivity contribution >= 4 is 56.3 Å². The molecule has 2 aromatic rings. The smallest absolute Gasteiger partial charge is 0.475 e. The first-order valence-corrected chi connectivity index (χ1v) is 12.7. The monoisotopic (exact) mass is 538 g/mol. The molecular weight excluding hydrogens is 517 g/mol. The van der Waals surface area contributed by atoms with E-state index in [9.17, 15) is 26.4 Å². The normalized spacial score (nSPS) is 11.9. The molecule has 1 heterocycles. The maximum absolute atomic E-state index is 13.1. The molecule has 0 atom stereocenters. The molecule has 0 fully saturated rings. The average molecular weight is 539 g/mol. The second kappa shape index (κ2) is 12.0. The number of esters is 1. The van der Waals surface area contributed by atoms with Crippen LogP contribution in [0.1, 0.15) is 24.3 Å². The Balaban J connectivity index is 0.000000718. The SMILES string of the molecule is CCOC(=O)C=C(C)c1cccc(S(=O)(=O)c2cc(C(=N)N)sc2SC)c1.O=C(O)C(F)(F)F. The number of halogens is 3. The van der Waals surface area contributed by atoms with Gasteiger partial charge in [0.25, 0.3) is 0 Å². The number of carbonyl (C=O) groups is 2. The molecule has 1 aromatic carbocycles. The van der Waals surface area contributed by atoms with Crippen molar-refractivity contribution in [2.24, 2.45) is 5.73 Å². The molecule has 0 amide bonds. The number of aliphatic carboxylic acids is 1. The molecule has 2 rings (SSSR count). The standard InChI is InChI=1S/C18H20N2O4S3.C2HF3O2/c1-4-24-16(21)8-11(2)12-6-5-7-13(9-12)27(22,23)15-10-14(17(19)20)26-18(15)25-3;3-2(4,5)1(6)7/h5-10H,4H2,1-3H3,(H3,19,20);(H,6,7). The molecule has 0 bridgehead atoms. The number of nitrogens with one attached hydrogen (secondary N) is 1. The van der Waals surface area contributed by atoms with E-state index in [0.29, 0.717) is 20.2 Å². The third-order valence-corrected chi connectivity index (χ3v) is 8.21. The lowest BCUT2D eigenvalue weighted by molar-refractivity contribution is -0.192. The molecule has 0 spiro atoms. The lowest BCUT2D eigenvalue weighted by atomic mass is 10.1. The summed E-state index contributed by atoms with van der Waals surface area (Å²) in [5.74, 6) is -3.40. The van der Waals surface area contributed by atoms with Crippen LogP contribution in [0.15, 0.2) is 50.4 Å². The highest BCUT2D eigenvalue weighted by molar-refractivity contribution is 8.01. The van der Waals surface area contributed by atoms with Crippen LogP contribution < -0.4 is 5.73 Å². The number of ether oxygens (including phenoxy) is 1. The number of amidine groups is 1. The second-order valence-corrected chi connectivity index (χ2v) is 10.3. The zero-order chi connectivity index (χ0) is 26.3. The van der Waals surface area contributed by atoms with Crippen molar-refractivity contribution in [3.05, 3.63) is 46.8 Å². The molecule has 186 valence electrons. The van der Waals surface area contributed by atoms with Crippen LogP contribution in [-0.2, 0) is 24.2 Å². The Morgan fingerprint density at radius 1 is 1.29 bits per heavy atom. The maximum Gasteiger partial charge on any atom is 0.490 e. The average Bonchev–Trinajstić information content (AvgIpc) is 3.19. The third-order valence-electron chi connectivity index (χ3n) is 3.87. The molecule has 0 aliphatic rings. The van der Waals surface area contributed by atoms with Gasteiger partial charge >= 0.3 is 18.1 Å². The summed E-state index contributed by atoms with van der Waals surface area (Å²) in [5.41, 5.74) is 6.72. The lowest BCUT2D eigenvalue weighted by Crippen LogP contribution is -2.21. The highest BCUT2D eigenvalue weighted by Gasteiger charge is 2.38. The van der Waals surface area contributed by atoms with Crippen LogP contribution in [0.5, 0.6) is 0 Å². The molecule has 0 aliphatic heterocycles. The molecule has 0 radical (unpaired) electrons. The Kier molecular flexibility index (Phi) is 10.3. The minimum Gasteiger partial charge on any atom is -0.475 e. The number of benzene rings is 1. The number of nitrogen functional groups attached to an aromatic ring is 1. The molecule has 0 aliphatic carbocycles. The van der Waals surface area contributed by atoms with Crippen molar-refractivity contribution in [3.63, 3.8) is 0 Å². The van der Waals surface area contributed by atoms with Gasteiger partial charge in [0.05, 0.1) is 25.5 Å². The lowest BCUT2D eigenvalue weighted by Gasteiger charge is -2.08. The molecular formula is C20H21F3N2O6S3. The Bertz CT molecular complexity index is 1200. The third kappa shape index (κ3) is 7.88. The number of rotatable bonds is 7. The number of sulfone groups is 1. The Labute approximate surface area is 202 Å². The van der Waals surface area contributed by atoms with E-state index in [2.05, 4.69) is 0 Å². The molecule has 8 nitrogen and oxygen atoms in total. The van der Waals surface area contributed by atoms with Crippen LogP contribution >= 0.6 is 23.1 Å². The first kappa shape index (κ1) is 29.2. The number of hydrogen-bond donors (Lipinski definition) is 3. The fraction of sp³-hybridized carbons (Fsp3) is 0.250. The van der Waals surface area contributed by atoms with Crippen molar-refractivity contribution in [1.29, 1.82) is 5.41 Å². The maximum atomic E-state index is 13.1. The summed E-state index contributed by atoms with van der Waals surface area (Å²) in [5, 5.41) is 14.7. The van der Waals surface area contributed by atoms with Crippen molar-refractivity contribution in [2.45, 2.75) is 34.0 Å². The quantitative estimate of drug-likeness (QED) is 0.156. The van der Waals surface area contributed by atoms with Crippen molar-refractivity contribution < 1.29 is 41.0 Å². The number of thiophene rings is 1. The van der Waals surface area contributed by atoms with E-state index in [1.54, 1.807) is 32.2 Å². The van der Waals surface area contributed by atoms with E-state index >= 15 is 0 Å². The molecule has 1 aromatic heterocycles. The fourth-order valence-electron chi connectivity index (χ4n) is 2.30. The van der Waals surface area contributed by atoms with Gasteiger partial charge in [-0.1, -0.05) is 12.1 Å². The van der Waals surface area contributed by atoms with Crippen LogP contribution in [0.4, 0.5) is 13.2 Å². The van der Waals surface area contributed by atoms with Gasteiger partial charge in [-0.25, -0.2) is 18.0 Å². The molecule has 0 saturated heterocycles. The van der Waals surface area contributed by atoms with E-state index < -0.39 is 28.0 Å². The summed E-state index contributed by atoms with van der Waals surface area (Å²) >= 11 is 2.47. The number of allylic oxidation sites excluding steroid dienone is 1. The number of alkyl halides is 3. The van der Waals surface area contributed by atoms with E-state index in [-0.39, 0.29) is 22.2 Å². The topological polar surface area (TPSA) is 148 Å². The van der Waals surface area contributed by atoms with Crippen molar-refractivity contribution in [3.8, 4) is 0 Å². The Morgan fingerprint density at radius 2 is 1.88 bits per heavy atom. The molecule has 4 N–H and O–H groups in total. The number of hydrogen-bond acceptors (Lipinski definition) is 8. The summed E-state index contributed by atoms with van der Waals surface area (Å²) in [4.78, 5) is 21.2. The number of carbonyl (C=O) groups excluding carboxylic acids is 1. The first-order chi connectivity index (χ1) is 15.6. The van der Waals surface area contributed by atoms with E-state index in [0.717, 1.165) is 0 Å². The Morgan fingerprint density at radius 3 is 2.35 bits per heavy atom. The molecule has 0 saturated carbocycles. The fourth-order valence-corrected chi connectivity index (χ4v) is 6.20. The number of carboxylic acids is 1. The summed E-state index contributed by atoms with van der Waals surface area (Å²) in [6, 6.07) is 7.82. The van der Waals surface area contributed by atoms with Gasteiger partial charge in [0.1, 0.15) is 5.84 Å². The molecule has 34 heavy (non-hydrogen) atoms. The summed E-state index contributed by atoms with van der Waals surface area (Å²) in [6.45, 7) is 3.70. The van der Waals surface area contributed by atoms with Crippen LogP contribution in [0, 0.1) is 5.41 Å². The summed E-state index contributed by atoms with van der Waals surface area (Å²) < 4.78 is 63.4. The van der Waals surface area contributed by atoms with Crippen LogP contribution in [0.2, 0.25) is 0 Å². The van der Waals surface area contributed by atoms with E-state index in [1.165, 1.54) is 47.4 Å². The summed E-state index contributed by atoms with van der Waals surface area (Å²) in [6.07, 6.45) is -1.97. The predicted molar refractivity (Wildman–Crippen MR) is 123 cm³/mol. The highest BCUT2D eigenvalue weighted by atomic mass is 32.2. The number of carboxylic acid groups (broad SMARTS) is 1. The zero-order valence-corrected chi connectivity index (χ0v) is 20.5.